The van der Waals surface area contributed by atoms with E-state index in [1.807, 2.05) is 13.8 Å². The number of unbranched alkanes of at least 4 members (excludes halogenated alkanes) is 1. The smallest absolute Gasteiger partial charge is 0.240 e. The fourth-order valence-corrected chi connectivity index (χ4v) is 2.44. The Morgan fingerprint density at radius 1 is 1.30 bits per heavy atom. The van der Waals surface area contributed by atoms with E-state index in [0.717, 1.165) is 12.8 Å². The molecule has 0 aromatic heterocycles. The van der Waals surface area contributed by atoms with Crippen LogP contribution in [-0.4, -0.2) is 27.7 Å². The fourth-order valence-electron chi connectivity index (χ4n) is 1.69. The van der Waals surface area contributed by atoms with E-state index in [1.54, 1.807) is 12.1 Å². The molecule has 0 saturated heterocycles. The molecule has 0 heterocycles. The zero-order chi connectivity index (χ0) is 15.2. The van der Waals surface area contributed by atoms with Crippen LogP contribution in [0.4, 0.5) is 11.4 Å². The van der Waals surface area contributed by atoms with Crippen LogP contribution in [0.25, 0.3) is 0 Å². The molecule has 0 aliphatic carbocycles. The summed E-state index contributed by atoms with van der Waals surface area (Å²) in [6, 6.07) is 4.62. The van der Waals surface area contributed by atoms with E-state index in [0.29, 0.717) is 24.5 Å². The lowest BCUT2D eigenvalue weighted by Gasteiger charge is -2.12. The third-order valence-electron chi connectivity index (χ3n) is 2.65. The van der Waals surface area contributed by atoms with Gasteiger partial charge in [-0.1, -0.05) is 0 Å². The number of ether oxygens (including phenoxy) is 1. The molecule has 114 valence electrons. The van der Waals surface area contributed by atoms with Crippen molar-refractivity contribution in [3.63, 3.8) is 0 Å². The molecular formula is C13H23N3O3S. The van der Waals surface area contributed by atoms with Crippen LogP contribution in [0.5, 0.6) is 0 Å². The summed E-state index contributed by atoms with van der Waals surface area (Å²) in [6.07, 6.45) is 2.01. The second-order valence-electron chi connectivity index (χ2n) is 4.85. The third kappa shape index (κ3) is 5.77. The molecule has 0 amide bonds. The molecule has 0 unspecified atom stereocenters. The van der Waals surface area contributed by atoms with Crippen LogP contribution in [-0.2, 0) is 14.8 Å². The maximum absolute atomic E-state index is 11.5. The largest absolute Gasteiger partial charge is 0.399 e. The standard InChI is InChI=1S/C13H23N3O3S/c1-10(2)19-8-4-3-7-16-12-6-5-11(14)9-13(12)20(15,17)18/h5-6,9-10,16H,3-4,7-8,14H2,1-2H3,(H2,15,17,18). The van der Waals surface area contributed by atoms with Crippen molar-refractivity contribution in [1.82, 2.24) is 0 Å². The number of hydrogen-bond acceptors (Lipinski definition) is 5. The molecule has 0 atom stereocenters. The minimum atomic E-state index is -3.78. The van der Waals surface area contributed by atoms with Gasteiger partial charge in [0.15, 0.2) is 0 Å². The Labute approximate surface area is 120 Å². The van der Waals surface area contributed by atoms with Crippen LogP contribution in [0.3, 0.4) is 0 Å². The Morgan fingerprint density at radius 3 is 2.60 bits per heavy atom. The van der Waals surface area contributed by atoms with Gasteiger partial charge in [0, 0.05) is 18.8 Å². The molecule has 0 aliphatic heterocycles. The number of anilines is 2. The molecule has 0 spiro atoms. The van der Waals surface area contributed by atoms with Crippen molar-refractivity contribution in [2.24, 2.45) is 5.14 Å². The molecule has 0 radical (unpaired) electrons. The molecule has 0 saturated carbocycles. The Kier molecular flexibility index (Phi) is 6.25. The van der Waals surface area contributed by atoms with Crippen molar-refractivity contribution in [3.05, 3.63) is 18.2 Å². The van der Waals surface area contributed by atoms with E-state index in [2.05, 4.69) is 5.32 Å². The van der Waals surface area contributed by atoms with Gasteiger partial charge in [0.2, 0.25) is 10.0 Å². The zero-order valence-corrected chi connectivity index (χ0v) is 12.7. The maximum Gasteiger partial charge on any atom is 0.240 e. The maximum atomic E-state index is 11.5. The second-order valence-corrected chi connectivity index (χ2v) is 6.38. The van der Waals surface area contributed by atoms with Crippen molar-refractivity contribution < 1.29 is 13.2 Å². The SMILES string of the molecule is CC(C)OCCCCNc1ccc(N)cc1S(N)(=O)=O. The molecule has 1 aromatic carbocycles. The highest BCUT2D eigenvalue weighted by atomic mass is 32.2. The number of nitrogens with two attached hydrogens (primary N) is 2. The van der Waals surface area contributed by atoms with Crippen molar-refractivity contribution >= 4 is 21.4 Å². The highest BCUT2D eigenvalue weighted by molar-refractivity contribution is 7.89. The van der Waals surface area contributed by atoms with Gasteiger partial charge < -0.3 is 15.8 Å². The Morgan fingerprint density at radius 2 is 2.00 bits per heavy atom. The van der Waals surface area contributed by atoms with Crippen LogP contribution >= 0.6 is 0 Å². The van der Waals surface area contributed by atoms with Crippen LogP contribution in [0, 0.1) is 0 Å². The van der Waals surface area contributed by atoms with Gasteiger partial charge in [0.1, 0.15) is 4.90 Å². The van der Waals surface area contributed by atoms with Crippen LogP contribution < -0.4 is 16.2 Å². The first-order valence-corrected chi connectivity index (χ1v) is 8.13. The molecule has 6 nitrogen and oxygen atoms in total. The van der Waals surface area contributed by atoms with Crippen molar-refractivity contribution in [3.8, 4) is 0 Å². The van der Waals surface area contributed by atoms with Crippen LogP contribution in [0.15, 0.2) is 23.1 Å². The molecule has 7 heteroatoms. The highest BCUT2D eigenvalue weighted by Gasteiger charge is 2.13. The minimum Gasteiger partial charge on any atom is -0.399 e. The van der Waals surface area contributed by atoms with Gasteiger partial charge in [-0.15, -0.1) is 0 Å². The van der Waals surface area contributed by atoms with E-state index in [1.165, 1.54) is 6.07 Å². The van der Waals surface area contributed by atoms with Crippen LogP contribution in [0.1, 0.15) is 26.7 Å². The lowest BCUT2D eigenvalue weighted by atomic mass is 10.2. The third-order valence-corrected chi connectivity index (χ3v) is 3.60. The average Bonchev–Trinajstić information content (AvgIpc) is 2.33. The van der Waals surface area contributed by atoms with E-state index in [-0.39, 0.29) is 11.0 Å². The van der Waals surface area contributed by atoms with Crippen molar-refractivity contribution in [2.75, 3.05) is 24.2 Å². The van der Waals surface area contributed by atoms with Crippen LogP contribution in [0.2, 0.25) is 0 Å². The lowest BCUT2D eigenvalue weighted by Crippen LogP contribution is -2.16. The predicted octanol–water partition coefficient (Wildman–Crippen LogP) is 1.53. The van der Waals surface area contributed by atoms with E-state index in [4.69, 9.17) is 15.6 Å². The Balaban J connectivity index is 2.52. The fraction of sp³-hybridized carbons (Fsp3) is 0.538. The first kappa shape index (κ1) is 16.7. The molecular weight excluding hydrogens is 278 g/mol. The van der Waals surface area contributed by atoms with E-state index in [9.17, 15) is 8.42 Å². The first-order chi connectivity index (χ1) is 9.30. The molecule has 5 N–H and O–H groups in total. The molecule has 1 aromatic rings. The van der Waals surface area contributed by atoms with Gasteiger partial charge in [-0.05, 0) is 44.9 Å². The van der Waals surface area contributed by atoms with Crippen molar-refractivity contribution in [2.45, 2.75) is 37.7 Å². The predicted molar refractivity (Wildman–Crippen MR) is 81.0 cm³/mol. The second kappa shape index (κ2) is 7.47. The number of primary sulfonamides is 1. The van der Waals surface area contributed by atoms with E-state index < -0.39 is 10.0 Å². The molecule has 0 bridgehead atoms. The summed E-state index contributed by atoms with van der Waals surface area (Å²) in [5.41, 5.74) is 6.43. The minimum absolute atomic E-state index is 0.0240. The molecule has 0 aliphatic rings. The summed E-state index contributed by atoms with van der Waals surface area (Å²) in [4.78, 5) is 0.0240. The number of benzene rings is 1. The summed E-state index contributed by atoms with van der Waals surface area (Å²) in [7, 11) is -3.78. The highest BCUT2D eigenvalue weighted by Crippen LogP contribution is 2.22. The molecule has 0 fully saturated rings. The van der Waals surface area contributed by atoms with Gasteiger partial charge in [0.05, 0.1) is 11.8 Å². The average molecular weight is 301 g/mol. The van der Waals surface area contributed by atoms with E-state index >= 15 is 0 Å². The van der Waals surface area contributed by atoms with Gasteiger partial charge in [-0.3, -0.25) is 0 Å². The monoisotopic (exact) mass is 301 g/mol. The first-order valence-electron chi connectivity index (χ1n) is 6.58. The van der Waals surface area contributed by atoms with Gasteiger partial charge >= 0.3 is 0 Å². The Bertz CT molecular complexity index is 530. The molecule has 1 rings (SSSR count). The number of rotatable bonds is 8. The summed E-state index contributed by atoms with van der Waals surface area (Å²) in [6.45, 7) is 5.33. The number of nitrogens with one attached hydrogen (secondary N) is 1. The normalized spacial score (nSPS) is 11.8. The Hall–Kier alpha value is -1.31. The zero-order valence-electron chi connectivity index (χ0n) is 11.9. The summed E-state index contributed by atoms with van der Waals surface area (Å²) in [5.74, 6) is 0. The van der Waals surface area contributed by atoms with Gasteiger partial charge in [0.25, 0.3) is 0 Å². The summed E-state index contributed by atoms with van der Waals surface area (Å²) < 4.78 is 28.4. The van der Waals surface area contributed by atoms with Gasteiger partial charge in [-0.25, -0.2) is 13.6 Å². The number of sulfonamides is 1. The molecule has 20 heavy (non-hydrogen) atoms. The topological polar surface area (TPSA) is 107 Å². The van der Waals surface area contributed by atoms with Gasteiger partial charge in [-0.2, -0.15) is 0 Å². The lowest BCUT2D eigenvalue weighted by molar-refractivity contribution is 0.0765. The number of nitrogen functional groups attached to an aromatic ring is 1. The quantitative estimate of drug-likeness (QED) is 0.498. The van der Waals surface area contributed by atoms with Crippen molar-refractivity contribution in [1.29, 1.82) is 0 Å². The number of hydrogen-bond donors (Lipinski definition) is 3. The summed E-state index contributed by atoms with van der Waals surface area (Å²) in [5, 5.41) is 8.23. The summed E-state index contributed by atoms with van der Waals surface area (Å²) >= 11 is 0.